The lowest BCUT2D eigenvalue weighted by atomic mass is 10.3. The van der Waals surface area contributed by atoms with Crippen molar-refractivity contribution in [3.8, 4) is 5.75 Å². The second-order valence-electron chi connectivity index (χ2n) is 6.19. The Kier molecular flexibility index (Phi) is 6.63. The van der Waals surface area contributed by atoms with Crippen LogP contribution in [0.25, 0.3) is 0 Å². The van der Waals surface area contributed by atoms with Crippen molar-refractivity contribution >= 4 is 27.3 Å². The summed E-state index contributed by atoms with van der Waals surface area (Å²) in [5.74, 6) is 0.451. The highest BCUT2D eigenvalue weighted by Crippen LogP contribution is 2.27. The minimum atomic E-state index is -3.79. The van der Waals surface area contributed by atoms with Crippen LogP contribution in [0.3, 0.4) is 0 Å². The average Bonchev–Trinajstić information content (AvgIpc) is 2.60. The quantitative estimate of drug-likeness (QED) is 0.698. The minimum Gasteiger partial charge on any atom is -0.491 e. The van der Waals surface area contributed by atoms with Gasteiger partial charge in [-0.3, -0.25) is 9.10 Å². The standard InChI is InChI=1S/C20H24N2O4S/c1-5-14-22(18-8-10-19(11-9-18)26-15(2)3)27(24,25)20-12-6-17(7-13-20)21-16(4)23/h5-13,15H,1,14H2,2-4H3,(H,21,23). The minimum absolute atomic E-state index is 0.0333. The number of hydrogen-bond acceptors (Lipinski definition) is 4. The Hall–Kier alpha value is -2.80. The molecule has 0 aliphatic heterocycles. The zero-order valence-corrected chi connectivity index (χ0v) is 16.5. The van der Waals surface area contributed by atoms with E-state index < -0.39 is 10.0 Å². The molecule has 0 atom stereocenters. The summed E-state index contributed by atoms with van der Waals surface area (Å²) in [7, 11) is -3.79. The van der Waals surface area contributed by atoms with Crippen molar-refractivity contribution in [1.29, 1.82) is 0 Å². The molecule has 0 bridgehead atoms. The zero-order valence-electron chi connectivity index (χ0n) is 15.7. The van der Waals surface area contributed by atoms with Crippen LogP contribution in [0.1, 0.15) is 20.8 Å². The third-order valence-electron chi connectivity index (χ3n) is 3.55. The van der Waals surface area contributed by atoms with Crippen molar-refractivity contribution in [1.82, 2.24) is 0 Å². The van der Waals surface area contributed by atoms with E-state index in [2.05, 4.69) is 11.9 Å². The molecule has 0 spiro atoms. The van der Waals surface area contributed by atoms with Gasteiger partial charge in [0.05, 0.1) is 23.2 Å². The van der Waals surface area contributed by atoms with Gasteiger partial charge in [-0.15, -0.1) is 6.58 Å². The van der Waals surface area contributed by atoms with E-state index >= 15 is 0 Å². The number of nitrogens with zero attached hydrogens (tertiary/aromatic N) is 1. The molecule has 0 aliphatic carbocycles. The first kappa shape index (κ1) is 20.5. The highest BCUT2D eigenvalue weighted by atomic mass is 32.2. The van der Waals surface area contributed by atoms with Gasteiger partial charge in [0.25, 0.3) is 10.0 Å². The lowest BCUT2D eigenvalue weighted by Gasteiger charge is -2.23. The van der Waals surface area contributed by atoms with Crippen molar-refractivity contribution < 1.29 is 17.9 Å². The lowest BCUT2D eigenvalue weighted by molar-refractivity contribution is -0.114. The highest BCUT2D eigenvalue weighted by Gasteiger charge is 2.24. The Morgan fingerprint density at radius 3 is 2.22 bits per heavy atom. The van der Waals surface area contributed by atoms with E-state index in [-0.39, 0.29) is 23.5 Å². The van der Waals surface area contributed by atoms with Crippen LogP contribution < -0.4 is 14.4 Å². The Bertz CT molecular complexity index is 889. The number of hydrogen-bond donors (Lipinski definition) is 1. The summed E-state index contributed by atoms with van der Waals surface area (Å²) in [4.78, 5) is 11.2. The molecule has 0 fully saturated rings. The monoisotopic (exact) mass is 388 g/mol. The Balaban J connectivity index is 2.33. The molecule has 0 radical (unpaired) electrons. The molecular weight excluding hydrogens is 364 g/mol. The molecule has 7 heteroatoms. The Labute approximate surface area is 160 Å². The molecule has 6 nitrogen and oxygen atoms in total. The number of carbonyl (C=O) groups is 1. The Morgan fingerprint density at radius 2 is 1.74 bits per heavy atom. The van der Waals surface area contributed by atoms with Gasteiger partial charge in [0, 0.05) is 12.6 Å². The van der Waals surface area contributed by atoms with E-state index in [9.17, 15) is 13.2 Å². The predicted octanol–water partition coefficient (Wildman–Crippen LogP) is 3.81. The summed E-state index contributed by atoms with van der Waals surface area (Å²) in [5, 5.41) is 2.61. The summed E-state index contributed by atoms with van der Waals surface area (Å²) in [6.07, 6.45) is 1.56. The number of sulfonamides is 1. The predicted molar refractivity (Wildman–Crippen MR) is 108 cm³/mol. The van der Waals surface area contributed by atoms with Crippen LogP contribution in [0.4, 0.5) is 11.4 Å². The maximum atomic E-state index is 13.1. The third kappa shape index (κ3) is 5.34. The van der Waals surface area contributed by atoms with Crippen LogP contribution in [-0.2, 0) is 14.8 Å². The van der Waals surface area contributed by atoms with Crippen LogP contribution in [0.15, 0.2) is 66.1 Å². The topological polar surface area (TPSA) is 75.7 Å². The van der Waals surface area contributed by atoms with E-state index in [1.54, 1.807) is 36.4 Å². The molecular formula is C20H24N2O4S. The second kappa shape index (κ2) is 8.73. The normalized spacial score (nSPS) is 11.1. The van der Waals surface area contributed by atoms with Gasteiger partial charge in [0.1, 0.15) is 5.75 Å². The number of carbonyl (C=O) groups excluding carboxylic acids is 1. The van der Waals surface area contributed by atoms with Crippen LogP contribution in [0.2, 0.25) is 0 Å². The first-order valence-corrected chi connectivity index (χ1v) is 9.96. The average molecular weight is 388 g/mol. The molecule has 2 aromatic carbocycles. The molecule has 0 aliphatic rings. The molecule has 0 saturated carbocycles. The molecule has 0 heterocycles. The number of nitrogens with one attached hydrogen (secondary N) is 1. The fourth-order valence-electron chi connectivity index (χ4n) is 2.46. The van der Waals surface area contributed by atoms with E-state index in [4.69, 9.17) is 4.74 Å². The molecule has 1 amide bonds. The van der Waals surface area contributed by atoms with Crippen LogP contribution in [0, 0.1) is 0 Å². The first-order chi connectivity index (χ1) is 12.7. The van der Waals surface area contributed by atoms with Crippen molar-refractivity contribution in [3.63, 3.8) is 0 Å². The van der Waals surface area contributed by atoms with Gasteiger partial charge in [0.2, 0.25) is 5.91 Å². The van der Waals surface area contributed by atoms with Gasteiger partial charge in [-0.05, 0) is 62.4 Å². The number of benzene rings is 2. The number of amides is 1. The highest BCUT2D eigenvalue weighted by molar-refractivity contribution is 7.92. The second-order valence-corrected chi connectivity index (χ2v) is 8.05. The third-order valence-corrected chi connectivity index (χ3v) is 5.36. The van der Waals surface area contributed by atoms with Gasteiger partial charge >= 0.3 is 0 Å². The number of ether oxygens (including phenoxy) is 1. The van der Waals surface area contributed by atoms with Crippen molar-refractivity contribution in [3.05, 3.63) is 61.2 Å². The van der Waals surface area contributed by atoms with E-state index in [0.29, 0.717) is 17.1 Å². The van der Waals surface area contributed by atoms with Gasteiger partial charge in [-0.25, -0.2) is 8.42 Å². The van der Waals surface area contributed by atoms with Crippen LogP contribution in [-0.4, -0.2) is 27.0 Å². The molecule has 0 saturated heterocycles. The lowest BCUT2D eigenvalue weighted by Crippen LogP contribution is -2.31. The van der Waals surface area contributed by atoms with Gasteiger partial charge in [-0.1, -0.05) is 6.08 Å². The molecule has 1 N–H and O–H groups in total. The number of rotatable bonds is 8. The fraction of sp³-hybridized carbons (Fsp3) is 0.250. The SMILES string of the molecule is C=CCN(c1ccc(OC(C)C)cc1)S(=O)(=O)c1ccc(NC(C)=O)cc1. The van der Waals surface area contributed by atoms with Crippen molar-refractivity contribution in [2.45, 2.75) is 31.8 Å². The molecule has 2 aromatic rings. The fourth-order valence-corrected chi connectivity index (χ4v) is 3.90. The summed E-state index contributed by atoms with van der Waals surface area (Å²) in [5.41, 5.74) is 1.05. The van der Waals surface area contributed by atoms with E-state index in [1.807, 2.05) is 13.8 Å². The smallest absolute Gasteiger partial charge is 0.264 e. The molecule has 0 unspecified atom stereocenters. The van der Waals surface area contributed by atoms with E-state index in [0.717, 1.165) is 0 Å². The largest absolute Gasteiger partial charge is 0.491 e. The van der Waals surface area contributed by atoms with Gasteiger partial charge in [-0.2, -0.15) is 0 Å². The van der Waals surface area contributed by atoms with Gasteiger partial charge < -0.3 is 10.1 Å². The molecule has 0 aromatic heterocycles. The van der Waals surface area contributed by atoms with E-state index in [1.165, 1.54) is 29.4 Å². The summed E-state index contributed by atoms with van der Waals surface area (Å²) >= 11 is 0. The Morgan fingerprint density at radius 1 is 1.15 bits per heavy atom. The number of anilines is 2. The summed E-state index contributed by atoms with van der Waals surface area (Å²) in [6, 6.07) is 12.9. The first-order valence-electron chi connectivity index (χ1n) is 8.52. The summed E-state index contributed by atoms with van der Waals surface area (Å²) < 4.78 is 33.0. The van der Waals surface area contributed by atoms with Crippen molar-refractivity contribution in [2.75, 3.05) is 16.2 Å². The van der Waals surface area contributed by atoms with Crippen LogP contribution >= 0.6 is 0 Å². The molecule has 2 rings (SSSR count). The summed E-state index contributed by atoms with van der Waals surface area (Å²) in [6.45, 7) is 9.02. The molecule has 144 valence electrons. The van der Waals surface area contributed by atoms with Crippen LogP contribution in [0.5, 0.6) is 5.75 Å². The zero-order chi connectivity index (χ0) is 20.0. The molecule has 27 heavy (non-hydrogen) atoms. The van der Waals surface area contributed by atoms with Crippen molar-refractivity contribution in [2.24, 2.45) is 0 Å². The van der Waals surface area contributed by atoms with Gasteiger partial charge in [0.15, 0.2) is 0 Å². The maximum absolute atomic E-state index is 13.1. The maximum Gasteiger partial charge on any atom is 0.264 e.